The molecule has 0 radical (unpaired) electrons. The summed E-state index contributed by atoms with van der Waals surface area (Å²) in [5.74, 6) is -2.25. The zero-order valence-electron chi connectivity index (χ0n) is 24.4. The smallest absolute Gasteiger partial charge is 0.407 e. The van der Waals surface area contributed by atoms with Crippen LogP contribution in [0.2, 0.25) is 0 Å². The van der Waals surface area contributed by atoms with E-state index in [0.29, 0.717) is 11.8 Å². The van der Waals surface area contributed by atoms with E-state index in [1.807, 2.05) is 13.8 Å². The number of rotatable bonds is 9. The Morgan fingerprint density at radius 1 is 1.13 bits per heavy atom. The molecule has 0 aliphatic carbocycles. The molecular formula is C30H31F3N6O5S. The van der Waals surface area contributed by atoms with Crippen LogP contribution in [-0.4, -0.2) is 64.4 Å². The van der Waals surface area contributed by atoms with Gasteiger partial charge < -0.3 is 15.3 Å². The molecule has 0 unspecified atom stereocenters. The SMILES string of the molecule is CC[C@H](C)n1c(=O)c(-c2ccc(NS(=O)(=O)Cc3ccccc3F)c(F)c2)cc2cnc(N[C@H]3C[C@H](F)CN(C(=O)O)C3)nc21. The molecule has 0 spiro atoms. The van der Waals surface area contributed by atoms with Crippen molar-refractivity contribution < 1.29 is 31.5 Å². The van der Waals surface area contributed by atoms with Gasteiger partial charge in [0.15, 0.2) is 0 Å². The van der Waals surface area contributed by atoms with Crippen molar-refractivity contribution in [3.63, 3.8) is 0 Å². The summed E-state index contributed by atoms with van der Waals surface area (Å²) in [5, 5.41) is 12.7. The maximum atomic E-state index is 15.2. The predicted molar refractivity (Wildman–Crippen MR) is 163 cm³/mol. The number of pyridine rings is 1. The molecule has 45 heavy (non-hydrogen) atoms. The molecule has 1 aliphatic heterocycles. The second-order valence-corrected chi connectivity index (χ2v) is 12.7. The van der Waals surface area contributed by atoms with Crippen molar-refractivity contribution in [1.82, 2.24) is 19.4 Å². The monoisotopic (exact) mass is 644 g/mol. The molecule has 5 rings (SSSR count). The Labute approximate surface area is 256 Å². The molecule has 15 heteroatoms. The zero-order valence-corrected chi connectivity index (χ0v) is 25.2. The van der Waals surface area contributed by atoms with Gasteiger partial charge in [0.2, 0.25) is 16.0 Å². The lowest BCUT2D eigenvalue weighted by Gasteiger charge is -2.33. The van der Waals surface area contributed by atoms with Crippen molar-refractivity contribution in [2.24, 2.45) is 0 Å². The molecule has 0 bridgehead atoms. The number of piperidine rings is 1. The lowest BCUT2D eigenvalue weighted by atomic mass is 10.0. The predicted octanol–water partition coefficient (Wildman–Crippen LogP) is 5.15. The fourth-order valence-electron chi connectivity index (χ4n) is 5.26. The Hall–Kier alpha value is -4.66. The Morgan fingerprint density at radius 2 is 1.89 bits per heavy atom. The Kier molecular flexibility index (Phi) is 9.00. The average Bonchev–Trinajstić information content (AvgIpc) is 2.98. The number of hydrogen-bond donors (Lipinski definition) is 3. The number of halogens is 3. The van der Waals surface area contributed by atoms with Crippen LogP contribution in [0.4, 0.5) is 29.6 Å². The van der Waals surface area contributed by atoms with E-state index < -0.39 is 51.3 Å². The third kappa shape index (κ3) is 7.03. The van der Waals surface area contributed by atoms with Crippen LogP contribution in [0, 0.1) is 11.6 Å². The summed E-state index contributed by atoms with van der Waals surface area (Å²) in [6, 6.07) is 9.56. The number of nitrogens with zero attached hydrogens (tertiary/aromatic N) is 4. The van der Waals surface area contributed by atoms with E-state index in [0.717, 1.165) is 17.0 Å². The summed E-state index contributed by atoms with van der Waals surface area (Å²) < 4.78 is 72.3. The third-order valence-electron chi connectivity index (χ3n) is 7.66. The number of fused-ring (bicyclic) bond motifs is 1. The second-order valence-electron chi connectivity index (χ2n) is 11.0. The molecule has 3 N–H and O–H groups in total. The quantitative estimate of drug-likeness (QED) is 0.227. The van der Waals surface area contributed by atoms with Gasteiger partial charge in [-0.15, -0.1) is 0 Å². The van der Waals surface area contributed by atoms with Gasteiger partial charge in [0, 0.05) is 47.8 Å². The molecule has 1 fully saturated rings. The number of aromatic nitrogens is 3. The number of hydrogen-bond acceptors (Lipinski definition) is 7. The minimum absolute atomic E-state index is 0.0368. The topological polar surface area (TPSA) is 147 Å². The van der Waals surface area contributed by atoms with Crippen molar-refractivity contribution in [2.45, 2.75) is 50.7 Å². The first-order chi connectivity index (χ1) is 21.3. The summed E-state index contributed by atoms with van der Waals surface area (Å²) in [6.07, 6.45) is -0.530. The molecule has 238 valence electrons. The summed E-state index contributed by atoms with van der Waals surface area (Å²) in [4.78, 5) is 35.0. The van der Waals surface area contributed by atoms with Crippen LogP contribution in [0.3, 0.4) is 0 Å². The number of sulfonamides is 1. The molecule has 0 saturated carbocycles. The largest absolute Gasteiger partial charge is 0.465 e. The molecule has 4 aromatic rings. The van der Waals surface area contributed by atoms with Gasteiger partial charge in [0.05, 0.1) is 18.0 Å². The van der Waals surface area contributed by atoms with Gasteiger partial charge in [-0.1, -0.05) is 31.2 Å². The molecule has 2 aromatic carbocycles. The zero-order chi connectivity index (χ0) is 32.5. The van der Waals surface area contributed by atoms with Crippen molar-refractivity contribution >= 4 is 38.8 Å². The maximum Gasteiger partial charge on any atom is 0.407 e. The molecule has 11 nitrogen and oxygen atoms in total. The van der Waals surface area contributed by atoms with Crippen LogP contribution in [0.5, 0.6) is 0 Å². The van der Waals surface area contributed by atoms with Crippen molar-refractivity contribution in [3.8, 4) is 11.1 Å². The highest BCUT2D eigenvalue weighted by atomic mass is 32.2. The number of alkyl halides is 1. The molecular weight excluding hydrogens is 613 g/mol. The van der Waals surface area contributed by atoms with Crippen LogP contribution < -0.4 is 15.6 Å². The number of nitrogens with one attached hydrogen (secondary N) is 2. The summed E-state index contributed by atoms with van der Waals surface area (Å²) in [6.45, 7) is 3.51. The first-order valence-electron chi connectivity index (χ1n) is 14.2. The molecule has 3 heterocycles. The van der Waals surface area contributed by atoms with Gasteiger partial charge in [-0.25, -0.2) is 31.4 Å². The van der Waals surface area contributed by atoms with Crippen LogP contribution in [0.1, 0.15) is 38.3 Å². The summed E-state index contributed by atoms with van der Waals surface area (Å²) >= 11 is 0. The molecule has 3 atom stereocenters. The molecule has 1 saturated heterocycles. The Morgan fingerprint density at radius 3 is 2.58 bits per heavy atom. The van der Waals surface area contributed by atoms with E-state index in [9.17, 15) is 31.9 Å². The Balaban J connectivity index is 1.46. The van der Waals surface area contributed by atoms with Crippen LogP contribution in [-0.2, 0) is 15.8 Å². The van der Waals surface area contributed by atoms with E-state index in [1.54, 1.807) is 0 Å². The normalized spacial score (nSPS) is 17.7. The van der Waals surface area contributed by atoms with Crippen LogP contribution >= 0.6 is 0 Å². The molecule has 2 aromatic heterocycles. The van der Waals surface area contributed by atoms with Crippen molar-refractivity contribution in [3.05, 3.63) is 82.3 Å². The highest BCUT2D eigenvalue weighted by Crippen LogP contribution is 2.28. The first kappa shape index (κ1) is 31.8. The first-order valence-corrected chi connectivity index (χ1v) is 15.8. The van der Waals surface area contributed by atoms with Crippen molar-refractivity contribution in [2.75, 3.05) is 23.1 Å². The van der Waals surface area contributed by atoms with Crippen LogP contribution in [0.15, 0.2) is 59.5 Å². The second kappa shape index (κ2) is 12.8. The number of anilines is 2. The van der Waals surface area contributed by atoms with Gasteiger partial charge >= 0.3 is 6.09 Å². The standard InChI is InChI=1S/C30H31F3N6O5S/c1-3-17(2)39-27-20(13-34-29(36-27)35-22-12-21(31)14-38(15-22)30(41)42)10-23(28(39)40)18-8-9-26(25(33)11-18)37-45(43,44)16-19-6-4-5-7-24(19)32/h4-11,13,17,21-22,37H,3,12,14-16H2,1-2H3,(H,41,42)(H,34,35,36)/t17-,21-,22-/m0/s1. The Bertz CT molecular complexity index is 1920. The fraction of sp³-hybridized carbons (Fsp3) is 0.333. The van der Waals surface area contributed by atoms with Gasteiger partial charge in [-0.2, -0.15) is 4.98 Å². The van der Waals surface area contributed by atoms with Gasteiger partial charge in [-0.05, 0) is 43.2 Å². The number of likely N-dealkylation sites (tertiary alicyclic amines) is 1. The highest BCUT2D eigenvalue weighted by molar-refractivity contribution is 7.91. The lowest BCUT2D eigenvalue weighted by Crippen LogP contribution is -2.49. The third-order valence-corrected chi connectivity index (χ3v) is 8.88. The minimum Gasteiger partial charge on any atom is -0.465 e. The van der Waals surface area contributed by atoms with Gasteiger partial charge in [0.1, 0.15) is 23.5 Å². The number of amides is 1. The minimum atomic E-state index is -4.16. The fourth-order valence-corrected chi connectivity index (χ4v) is 6.47. The number of carbonyl (C=O) groups is 1. The van der Waals surface area contributed by atoms with Gasteiger partial charge in [-0.3, -0.25) is 14.1 Å². The van der Waals surface area contributed by atoms with E-state index in [-0.39, 0.29) is 59.5 Å². The summed E-state index contributed by atoms with van der Waals surface area (Å²) in [5.41, 5.74) is -0.338. The lowest BCUT2D eigenvalue weighted by molar-refractivity contribution is 0.102. The van der Waals surface area contributed by atoms with Crippen LogP contribution in [0.25, 0.3) is 22.2 Å². The molecule has 1 aliphatic rings. The van der Waals surface area contributed by atoms with Crippen molar-refractivity contribution in [1.29, 1.82) is 0 Å². The maximum absolute atomic E-state index is 15.2. The number of benzene rings is 2. The molecule has 1 amide bonds. The summed E-state index contributed by atoms with van der Waals surface area (Å²) in [7, 11) is -4.16. The number of carboxylic acid groups (broad SMARTS) is 1. The average molecular weight is 645 g/mol. The van der Waals surface area contributed by atoms with E-state index in [4.69, 9.17) is 0 Å². The van der Waals surface area contributed by atoms with E-state index >= 15 is 4.39 Å². The van der Waals surface area contributed by atoms with E-state index in [2.05, 4.69) is 20.0 Å². The van der Waals surface area contributed by atoms with E-state index in [1.165, 1.54) is 47.2 Å². The highest BCUT2D eigenvalue weighted by Gasteiger charge is 2.30. The van der Waals surface area contributed by atoms with Gasteiger partial charge in [0.25, 0.3) is 5.56 Å².